The summed E-state index contributed by atoms with van der Waals surface area (Å²) in [4.78, 5) is 10.4. The van der Waals surface area contributed by atoms with Crippen LogP contribution in [0.15, 0.2) is 0 Å². The van der Waals surface area contributed by atoms with Gasteiger partial charge in [-0.2, -0.15) is 9.78 Å². The van der Waals surface area contributed by atoms with Gasteiger partial charge in [0.15, 0.2) is 0 Å². The standard InChI is InChI=1S/C13H24O2/c1-10-6-12(5,8-11(2,3)4)9-13(7-10)14-15-13/h10H,6-9H2,1-5H3. The summed E-state index contributed by atoms with van der Waals surface area (Å²) in [5, 5.41) is 0. The molecule has 2 aliphatic rings. The van der Waals surface area contributed by atoms with Gasteiger partial charge < -0.3 is 0 Å². The fourth-order valence-electron chi connectivity index (χ4n) is 3.84. The zero-order valence-electron chi connectivity index (χ0n) is 10.7. The summed E-state index contributed by atoms with van der Waals surface area (Å²) < 4.78 is 0. The van der Waals surface area contributed by atoms with Gasteiger partial charge in [0.2, 0.25) is 5.79 Å². The molecule has 1 heterocycles. The van der Waals surface area contributed by atoms with Crippen LogP contribution in [0.5, 0.6) is 0 Å². The molecule has 0 radical (unpaired) electrons. The van der Waals surface area contributed by atoms with Gasteiger partial charge in [0.05, 0.1) is 0 Å². The topological polar surface area (TPSA) is 25.1 Å². The maximum Gasteiger partial charge on any atom is 0.235 e. The van der Waals surface area contributed by atoms with Crippen LogP contribution in [-0.2, 0) is 9.78 Å². The SMILES string of the molecule is CC1CC(C)(CC(C)(C)C)CC2(C1)OO2. The lowest BCUT2D eigenvalue weighted by atomic mass is 9.63. The number of hydrogen-bond acceptors (Lipinski definition) is 2. The highest BCUT2D eigenvalue weighted by molar-refractivity contribution is 4.95. The highest BCUT2D eigenvalue weighted by Gasteiger charge is 2.57. The first-order valence-corrected chi connectivity index (χ1v) is 6.09. The largest absolute Gasteiger partial charge is 0.235 e. The van der Waals surface area contributed by atoms with E-state index in [4.69, 9.17) is 9.78 Å². The Bertz CT molecular complexity index is 246. The van der Waals surface area contributed by atoms with Crippen LogP contribution in [0, 0.1) is 16.7 Å². The third-order valence-electron chi connectivity index (χ3n) is 3.47. The van der Waals surface area contributed by atoms with Crippen molar-refractivity contribution in [3.63, 3.8) is 0 Å². The summed E-state index contributed by atoms with van der Waals surface area (Å²) in [6, 6.07) is 0. The van der Waals surface area contributed by atoms with Gasteiger partial charge in [0.1, 0.15) is 0 Å². The lowest BCUT2D eigenvalue weighted by Gasteiger charge is -2.42. The van der Waals surface area contributed by atoms with Crippen LogP contribution in [0.3, 0.4) is 0 Å². The summed E-state index contributed by atoms with van der Waals surface area (Å²) in [6.45, 7) is 11.7. The molecule has 2 atom stereocenters. The van der Waals surface area contributed by atoms with E-state index in [1.807, 2.05) is 0 Å². The number of hydrogen-bond donors (Lipinski definition) is 0. The predicted octanol–water partition coefficient (Wildman–Crippen LogP) is 3.91. The van der Waals surface area contributed by atoms with Gasteiger partial charge >= 0.3 is 0 Å². The first-order valence-electron chi connectivity index (χ1n) is 6.09. The van der Waals surface area contributed by atoms with Gasteiger partial charge in [-0.3, -0.25) is 0 Å². The highest BCUT2D eigenvalue weighted by Crippen LogP contribution is 2.56. The molecule has 0 aromatic rings. The van der Waals surface area contributed by atoms with Gasteiger partial charge in [0, 0.05) is 12.8 Å². The predicted molar refractivity (Wildman–Crippen MR) is 60.1 cm³/mol. The third-order valence-corrected chi connectivity index (χ3v) is 3.47. The molecule has 0 aromatic carbocycles. The van der Waals surface area contributed by atoms with E-state index in [9.17, 15) is 0 Å². The van der Waals surface area contributed by atoms with Crippen molar-refractivity contribution in [3.05, 3.63) is 0 Å². The molecule has 0 amide bonds. The Morgan fingerprint density at radius 2 is 1.80 bits per heavy atom. The first-order chi connectivity index (χ1) is 6.72. The molecule has 0 N–H and O–H groups in total. The molecule has 0 bridgehead atoms. The number of rotatable bonds is 1. The van der Waals surface area contributed by atoms with Crippen LogP contribution >= 0.6 is 0 Å². The van der Waals surface area contributed by atoms with Crippen molar-refractivity contribution in [1.82, 2.24) is 0 Å². The van der Waals surface area contributed by atoms with Crippen LogP contribution in [-0.4, -0.2) is 5.79 Å². The lowest BCUT2D eigenvalue weighted by molar-refractivity contribution is 0.0470. The highest BCUT2D eigenvalue weighted by atomic mass is 17.4. The molecule has 0 aromatic heterocycles. The first kappa shape index (κ1) is 11.4. The summed E-state index contributed by atoms with van der Waals surface area (Å²) in [5.41, 5.74) is 0.772. The molecule has 1 saturated heterocycles. The van der Waals surface area contributed by atoms with Crippen LogP contribution in [0.25, 0.3) is 0 Å². The van der Waals surface area contributed by atoms with E-state index < -0.39 is 0 Å². The van der Waals surface area contributed by atoms with Gasteiger partial charge in [-0.25, -0.2) is 0 Å². The second-order valence-electron chi connectivity index (χ2n) is 7.32. The summed E-state index contributed by atoms with van der Waals surface area (Å²) in [7, 11) is 0. The minimum atomic E-state index is -0.197. The van der Waals surface area contributed by atoms with E-state index in [1.165, 1.54) is 12.8 Å². The van der Waals surface area contributed by atoms with Gasteiger partial charge in [0.25, 0.3) is 0 Å². The molecular weight excluding hydrogens is 188 g/mol. The molecule has 2 heteroatoms. The molecule has 2 unspecified atom stereocenters. The van der Waals surface area contributed by atoms with E-state index in [-0.39, 0.29) is 5.79 Å². The Balaban J connectivity index is 2.06. The molecular formula is C13H24O2. The molecule has 1 spiro atoms. The smallest absolute Gasteiger partial charge is 0.195 e. The lowest BCUT2D eigenvalue weighted by Crippen LogP contribution is -2.37. The Hall–Kier alpha value is -0.0800. The van der Waals surface area contributed by atoms with Crippen molar-refractivity contribution in [1.29, 1.82) is 0 Å². The molecule has 2 fully saturated rings. The van der Waals surface area contributed by atoms with Crippen molar-refractivity contribution in [2.45, 2.75) is 66.1 Å². The minimum Gasteiger partial charge on any atom is -0.195 e. The average molecular weight is 212 g/mol. The van der Waals surface area contributed by atoms with E-state index in [0.717, 1.165) is 12.8 Å². The Labute approximate surface area is 93.3 Å². The monoisotopic (exact) mass is 212 g/mol. The quantitative estimate of drug-likeness (QED) is 0.486. The molecule has 1 aliphatic carbocycles. The third kappa shape index (κ3) is 2.73. The van der Waals surface area contributed by atoms with Crippen molar-refractivity contribution >= 4 is 0 Å². The summed E-state index contributed by atoms with van der Waals surface area (Å²) in [5.74, 6) is 0.520. The fourth-order valence-corrected chi connectivity index (χ4v) is 3.84. The minimum absolute atomic E-state index is 0.197. The van der Waals surface area contributed by atoms with E-state index >= 15 is 0 Å². The van der Waals surface area contributed by atoms with Crippen LogP contribution in [0.2, 0.25) is 0 Å². The fraction of sp³-hybridized carbons (Fsp3) is 1.00. The van der Waals surface area contributed by atoms with Crippen LogP contribution < -0.4 is 0 Å². The second kappa shape index (κ2) is 3.21. The Kier molecular flexibility index (Phi) is 2.44. The maximum atomic E-state index is 5.22. The zero-order valence-corrected chi connectivity index (χ0v) is 10.7. The zero-order chi connectivity index (χ0) is 11.3. The normalized spacial score (nSPS) is 39.4. The maximum absolute atomic E-state index is 5.22. The van der Waals surface area contributed by atoms with Crippen molar-refractivity contribution in [2.24, 2.45) is 16.7 Å². The molecule has 1 saturated carbocycles. The van der Waals surface area contributed by atoms with Crippen LogP contribution in [0.1, 0.15) is 60.3 Å². The van der Waals surface area contributed by atoms with Crippen molar-refractivity contribution in [2.75, 3.05) is 0 Å². The van der Waals surface area contributed by atoms with E-state index in [1.54, 1.807) is 0 Å². The molecule has 2 rings (SSSR count). The molecule has 2 nitrogen and oxygen atoms in total. The molecule has 1 aliphatic heterocycles. The van der Waals surface area contributed by atoms with E-state index in [2.05, 4.69) is 34.6 Å². The van der Waals surface area contributed by atoms with E-state index in [0.29, 0.717) is 16.7 Å². The van der Waals surface area contributed by atoms with Gasteiger partial charge in [-0.15, -0.1) is 0 Å². The molecule has 15 heavy (non-hydrogen) atoms. The van der Waals surface area contributed by atoms with Gasteiger partial charge in [-0.05, 0) is 29.6 Å². The summed E-state index contributed by atoms with van der Waals surface area (Å²) >= 11 is 0. The van der Waals surface area contributed by atoms with Crippen molar-refractivity contribution < 1.29 is 9.78 Å². The second-order valence-corrected chi connectivity index (χ2v) is 7.32. The molecule has 88 valence electrons. The Morgan fingerprint density at radius 3 is 2.27 bits per heavy atom. The van der Waals surface area contributed by atoms with Crippen molar-refractivity contribution in [3.8, 4) is 0 Å². The Morgan fingerprint density at radius 1 is 1.20 bits per heavy atom. The van der Waals surface area contributed by atoms with Gasteiger partial charge in [-0.1, -0.05) is 34.6 Å². The van der Waals surface area contributed by atoms with Crippen LogP contribution in [0.4, 0.5) is 0 Å². The average Bonchev–Trinajstić information content (AvgIpc) is 2.58. The summed E-state index contributed by atoms with van der Waals surface area (Å²) in [6.07, 6.45) is 4.70.